The van der Waals surface area contributed by atoms with E-state index in [1.54, 1.807) is 48.5 Å². The second-order valence-corrected chi connectivity index (χ2v) is 7.37. The molecule has 2 aromatic carbocycles. The Balaban J connectivity index is 2.04. The molecule has 138 valence electrons. The Morgan fingerprint density at radius 2 is 1.31 bits per heavy atom. The molecule has 0 aliphatic heterocycles. The number of ether oxygens (including phenoxy) is 2. The molecule has 0 aliphatic carbocycles. The summed E-state index contributed by atoms with van der Waals surface area (Å²) < 4.78 is 11.3. The minimum Gasteiger partial charge on any atom is -0.461 e. The predicted molar refractivity (Wildman–Crippen MR) is 101 cm³/mol. The first-order chi connectivity index (χ1) is 12.3. The van der Waals surface area contributed by atoms with Crippen LogP contribution in [-0.2, 0) is 9.47 Å². The van der Waals surface area contributed by atoms with Gasteiger partial charge in [0.2, 0.25) is 0 Å². The predicted octanol–water partition coefficient (Wildman–Crippen LogP) is 4.75. The van der Waals surface area contributed by atoms with Crippen molar-refractivity contribution in [3.8, 4) is 0 Å². The van der Waals surface area contributed by atoms with E-state index in [4.69, 9.17) is 9.47 Å². The first-order valence-electron chi connectivity index (χ1n) is 8.79. The lowest BCUT2D eigenvalue weighted by Crippen LogP contribution is -2.41. The van der Waals surface area contributed by atoms with E-state index in [2.05, 4.69) is 0 Å². The van der Waals surface area contributed by atoms with Crippen molar-refractivity contribution in [2.75, 3.05) is 6.61 Å². The van der Waals surface area contributed by atoms with E-state index in [1.807, 2.05) is 39.8 Å². The Morgan fingerprint density at radius 3 is 1.77 bits per heavy atom. The Morgan fingerprint density at radius 1 is 0.846 bits per heavy atom. The van der Waals surface area contributed by atoms with Crippen LogP contribution < -0.4 is 0 Å². The van der Waals surface area contributed by atoms with E-state index in [0.717, 1.165) is 0 Å². The molecular weight excluding hydrogens is 328 g/mol. The molecule has 0 bridgehead atoms. The normalized spacial score (nSPS) is 12.5. The summed E-state index contributed by atoms with van der Waals surface area (Å²) in [4.78, 5) is 24.6. The Labute approximate surface area is 155 Å². The maximum atomic E-state index is 12.4. The van der Waals surface area contributed by atoms with Crippen molar-refractivity contribution in [1.29, 1.82) is 0 Å². The van der Waals surface area contributed by atoms with Gasteiger partial charge in [-0.25, -0.2) is 9.59 Å². The third-order valence-corrected chi connectivity index (χ3v) is 4.20. The zero-order valence-electron chi connectivity index (χ0n) is 15.8. The highest BCUT2D eigenvalue weighted by Gasteiger charge is 2.36. The largest absolute Gasteiger partial charge is 0.461 e. The fourth-order valence-electron chi connectivity index (χ4n) is 2.95. The van der Waals surface area contributed by atoms with Gasteiger partial charge in [0.15, 0.2) is 0 Å². The van der Waals surface area contributed by atoms with Crippen molar-refractivity contribution in [2.45, 2.75) is 33.8 Å². The van der Waals surface area contributed by atoms with E-state index in [9.17, 15) is 9.59 Å². The quantitative estimate of drug-likeness (QED) is 0.673. The van der Waals surface area contributed by atoms with E-state index in [1.165, 1.54) is 0 Å². The van der Waals surface area contributed by atoms with Crippen LogP contribution in [0.5, 0.6) is 0 Å². The third-order valence-electron chi connectivity index (χ3n) is 4.20. The molecule has 0 fully saturated rings. The molecule has 0 radical (unpaired) electrons. The van der Waals surface area contributed by atoms with Crippen molar-refractivity contribution in [3.63, 3.8) is 0 Å². The molecule has 0 amide bonds. The molecule has 0 saturated carbocycles. The van der Waals surface area contributed by atoms with Crippen molar-refractivity contribution < 1.29 is 19.1 Å². The summed E-state index contributed by atoms with van der Waals surface area (Å²) in [6.45, 7) is 8.02. The lowest BCUT2D eigenvalue weighted by molar-refractivity contribution is -0.0524. The van der Waals surface area contributed by atoms with Gasteiger partial charge in [-0.15, -0.1) is 0 Å². The standard InChI is InChI=1S/C22H26O4/c1-16(2)19(26-21(24)18-13-9-6-10-14-18)22(3,4)15-25-20(23)17-11-7-5-8-12-17/h5-14,16,19H,15H2,1-4H3/t19-/m1/s1. The molecule has 0 aromatic heterocycles. The third kappa shape index (κ3) is 5.19. The van der Waals surface area contributed by atoms with Gasteiger partial charge in [0.05, 0.1) is 11.1 Å². The van der Waals surface area contributed by atoms with Crippen LogP contribution in [0.4, 0.5) is 0 Å². The second-order valence-electron chi connectivity index (χ2n) is 7.37. The van der Waals surface area contributed by atoms with Crippen LogP contribution in [0.3, 0.4) is 0 Å². The summed E-state index contributed by atoms with van der Waals surface area (Å²) in [5.41, 5.74) is 0.490. The Hall–Kier alpha value is -2.62. The highest BCUT2D eigenvalue weighted by Crippen LogP contribution is 2.30. The maximum Gasteiger partial charge on any atom is 0.338 e. The number of carbonyl (C=O) groups is 2. The Bertz CT molecular complexity index is 720. The summed E-state index contributed by atoms with van der Waals surface area (Å²) in [7, 11) is 0. The second kappa shape index (κ2) is 8.65. The monoisotopic (exact) mass is 354 g/mol. The molecule has 0 unspecified atom stereocenters. The lowest BCUT2D eigenvalue weighted by atomic mass is 9.81. The number of rotatable bonds is 7. The van der Waals surface area contributed by atoms with Crippen molar-refractivity contribution in [1.82, 2.24) is 0 Å². The molecule has 0 saturated heterocycles. The molecule has 2 aromatic rings. The average Bonchev–Trinajstić information content (AvgIpc) is 2.65. The van der Waals surface area contributed by atoms with Gasteiger partial charge < -0.3 is 9.47 Å². The molecule has 1 atom stereocenters. The molecule has 2 rings (SSSR count). The Kier molecular flexibility index (Phi) is 6.56. The molecule has 0 aliphatic rings. The van der Waals surface area contributed by atoms with Gasteiger partial charge in [0, 0.05) is 5.41 Å². The van der Waals surface area contributed by atoms with E-state index < -0.39 is 11.5 Å². The van der Waals surface area contributed by atoms with Gasteiger partial charge >= 0.3 is 11.9 Å². The summed E-state index contributed by atoms with van der Waals surface area (Å²) in [6.07, 6.45) is -0.390. The number of benzene rings is 2. The van der Waals surface area contributed by atoms with Crippen molar-refractivity contribution in [3.05, 3.63) is 71.8 Å². The lowest BCUT2D eigenvalue weighted by Gasteiger charge is -2.35. The number of carbonyl (C=O) groups excluding carboxylic acids is 2. The van der Waals surface area contributed by atoms with Gasteiger partial charge in [-0.1, -0.05) is 64.1 Å². The van der Waals surface area contributed by atoms with Crippen LogP contribution in [0.25, 0.3) is 0 Å². The molecule has 26 heavy (non-hydrogen) atoms. The van der Waals surface area contributed by atoms with Crippen LogP contribution in [0, 0.1) is 11.3 Å². The summed E-state index contributed by atoms with van der Waals surface area (Å²) in [5, 5.41) is 0. The minimum absolute atomic E-state index is 0.0769. The van der Waals surface area contributed by atoms with Crippen molar-refractivity contribution >= 4 is 11.9 Å². The van der Waals surface area contributed by atoms with Gasteiger partial charge in [-0.3, -0.25) is 0 Å². The summed E-state index contributed by atoms with van der Waals surface area (Å²) in [6, 6.07) is 17.8. The molecule has 4 heteroatoms. The molecule has 0 heterocycles. The topological polar surface area (TPSA) is 52.6 Å². The zero-order valence-corrected chi connectivity index (χ0v) is 15.8. The highest BCUT2D eigenvalue weighted by molar-refractivity contribution is 5.90. The fourth-order valence-corrected chi connectivity index (χ4v) is 2.95. The first-order valence-corrected chi connectivity index (χ1v) is 8.79. The smallest absolute Gasteiger partial charge is 0.338 e. The van der Waals surface area contributed by atoms with Crippen LogP contribution in [0.2, 0.25) is 0 Å². The fraction of sp³-hybridized carbons (Fsp3) is 0.364. The van der Waals surface area contributed by atoms with Crippen LogP contribution in [0.15, 0.2) is 60.7 Å². The van der Waals surface area contributed by atoms with E-state index >= 15 is 0 Å². The molecule has 4 nitrogen and oxygen atoms in total. The van der Waals surface area contributed by atoms with Gasteiger partial charge in [0.25, 0.3) is 0 Å². The highest BCUT2D eigenvalue weighted by atomic mass is 16.6. The number of esters is 2. The van der Waals surface area contributed by atoms with E-state index in [-0.39, 0.29) is 24.5 Å². The van der Waals surface area contributed by atoms with E-state index in [0.29, 0.717) is 11.1 Å². The SMILES string of the molecule is CC(C)[C@@H](OC(=O)c1ccccc1)C(C)(C)COC(=O)c1ccccc1. The minimum atomic E-state index is -0.525. The number of hydrogen-bond acceptors (Lipinski definition) is 4. The summed E-state index contributed by atoms with van der Waals surface area (Å²) >= 11 is 0. The van der Waals surface area contributed by atoms with Crippen LogP contribution in [0.1, 0.15) is 48.4 Å². The average molecular weight is 354 g/mol. The van der Waals surface area contributed by atoms with Crippen LogP contribution in [-0.4, -0.2) is 24.6 Å². The first kappa shape index (κ1) is 19.7. The molecular formula is C22H26O4. The maximum absolute atomic E-state index is 12.4. The summed E-state index contributed by atoms with van der Waals surface area (Å²) in [5.74, 6) is -0.671. The van der Waals surface area contributed by atoms with Crippen LogP contribution >= 0.6 is 0 Å². The van der Waals surface area contributed by atoms with Gasteiger partial charge in [-0.05, 0) is 30.2 Å². The van der Waals surface area contributed by atoms with Gasteiger partial charge in [-0.2, -0.15) is 0 Å². The number of hydrogen-bond donors (Lipinski definition) is 0. The van der Waals surface area contributed by atoms with Gasteiger partial charge in [0.1, 0.15) is 12.7 Å². The molecule has 0 N–H and O–H groups in total. The van der Waals surface area contributed by atoms with Crippen molar-refractivity contribution in [2.24, 2.45) is 11.3 Å². The zero-order chi connectivity index (χ0) is 19.2. The molecule has 0 spiro atoms.